The molecular weight excluding hydrogens is 477 g/mol. The summed E-state index contributed by atoms with van der Waals surface area (Å²) < 4.78 is 50.8. The molecule has 2 heterocycles. The van der Waals surface area contributed by atoms with Crippen molar-refractivity contribution in [2.75, 3.05) is 45.3 Å². The highest BCUT2D eigenvalue weighted by Gasteiger charge is 2.31. The number of amides is 1. The Morgan fingerprint density at radius 2 is 1.67 bits per heavy atom. The molecule has 11 heteroatoms. The van der Waals surface area contributed by atoms with E-state index >= 15 is 0 Å². The summed E-state index contributed by atoms with van der Waals surface area (Å²) in [6.07, 6.45) is -4.42. The smallest absolute Gasteiger partial charge is 0.416 e. The van der Waals surface area contributed by atoms with E-state index in [0.717, 1.165) is 16.8 Å². The zero-order chi connectivity index (χ0) is 25.9. The maximum atomic E-state index is 13.0. The lowest BCUT2D eigenvalue weighted by Gasteiger charge is -2.36. The van der Waals surface area contributed by atoms with Crippen molar-refractivity contribution in [1.29, 1.82) is 0 Å². The van der Waals surface area contributed by atoms with Gasteiger partial charge in [0.05, 0.1) is 25.5 Å². The first-order valence-electron chi connectivity index (χ1n) is 11.2. The predicted molar refractivity (Wildman–Crippen MR) is 127 cm³/mol. The van der Waals surface area contributed by atoms with Crippen molar-refractivity contribution in [3.8, 4) is 22.8 Å². The van der Waals surface area contributed by atoms with Gasteiger partial charge in [0, 0.05) is 43.5 Å². The second-order valence-electron chi connectivity index (χ2n) is 8.20. The van der Waals surface area contributed by atoms with E-state index in [0.29, 0.717) is 54.6 Å². The molecule has 1 aliphatic rings. The zero-order valence-electron chi connectivity index (χ0n) is 19.8. The second kappa shape index (κ2) is 10.3. The fourth-order valence-corrected chi connectivity index (χ4v) is 4.03. The number of piperazine rings is 1. The number of carbonyl (C=O) groups is 1. The number of alkyl halides is 3. The largest absolute Gasteiger partial charge is 0.493 e. The third-order valence-electron chi connectivity index (χ3n) is 6.00. The first kappa shape index (κ1) is 25.1. The van der Waals surface area contributed by atoms with Crippen LogP contribution in [-0.2, 0) is 17.5 Å². The molecule has 4 rings (SSSR count). The van der Waals surface area contributed by atoms with E-state index in [-0.39, 0.29) is 12.5 Å². The van der Waals surface area contributed by atoms with Crippen LogP contribution in [-0.4, -0.2) is 61.0 Å². The zero-order valence-corrected chi connectivity index (χ0v) is 19.8. The Bertz CT molecular complexity index is 1300. The molecule has 0 aliphatic carbocycles. The molecule has 0 spiro atoms. The van der Waals surface area contributed by atoms with Gasteiger partial charge in [-0.05, 0) is 42.5 Å². The Labute approximate surface area is 205 Å². The average Bonchev–Trinajstić information content (AvgIpc) is 2.89. The normalized spacial score (nSPS) is 14.0. The minimum atomic E-state index is -4.42. The number of benzene rings is 2. The molecule has 0 unspecified atom stereocenters. The highest BCUT2D eigenvalue weighted by molar-refractivity contribution is 5.76. The van der Waals surface area contributed by atoms with Crippen LogP contribution in [0.1, 0.15) is 5.56 Å². The van der Waals surface area contributed by atoms with Crippen LogP contribution in [0.2, 0.25) is 0 Å². The van der Waals surface area contributed by atoms with E-state index in [1.807, 2.05) is 0 Å². The molecule has 3 aromatic rings. The van der Waals surface area contributed by atoms with Crippen molar-refractivity contribution < 1.29 is 27.4 Å². The number of anilines is 1. The molecule has 1 amide bonds. The number of halogens is 3. The van der Waals surface area contributed by atoms with E-state index in [9.17, 15) is 22.8 Å². The molecule has 1 aromatic heterocycles. The molecule has 0 atom stereocenters. The van der Waals surface area contributed by atoms with Gasteiger partial charge < -0.3 is 19.3 Å². The lowest BCUT2D eigenvalue weighted by molar-refractivity contribution is -0.137. The lowest BCUT2D eigenvalue weighted by Crippen LogP contribution is -2.50. The average molecular weight is 502 g/mol. The molecule has 2 aromatic carbocycles. The minimum absolute atomic E-state index is 0.247. The second-order valence-corrected chi connectivity index (χ2v) is 8.20. The van der Waals surface area contributed by atoms with Gasteiger partial charge in [0.15, 0.2) is 11.5 Å². The summed E-state index contributed by atoms with van der Waals surface area (Å²) in [7, 11) is 3.04. The van der Waals surface area contributed by atoms with Gasteiger partial charge in [-0.3, -0.25) is 9.59 Å². The maximum Gasteiger partial charge on any atom is 0.416 e. The summed E-state index contributed by atoms with van der Waals surface area (Å²) in [4.78, 5) is 28.7. The van der Waals surface area contributed by atoms with E-state index in [1.165, 1.54) is 26.4 Å². The summed E-state index contributed by atoms with van der Waals surface area (Å²) >= 11 is 0. The standard InChI is InChI=1S/C25H25F3N4O4/c1-35-21-8-6-17(14-22(21)36-2)20-7-9-23(33)32(29-20)16-24(34)31-12-10-30(11-13-31)19-5-3-4-18(15-19)25(26,27)28/h3-9,14-15H,10-13,16H2,1-2H3. The predicted octanol–water partition coefficient (Wildman–Crippen LogP) is 3.30. The number of aromatic nitrogens is 2. The Balaban J connectivity index is 1.43. The number of carbonyl (C=O) groups excluding carboxylic acids is 1. The van der Waals surface area contributed by atoms with Gasteiger partial charge in [-0.1, -0.05) is 6.07 Å². The van der Waals surface area contributed by atoms with Crippen LogP contribution in [0, 0.1) is 0 Å². The number of nitrogens with zero attached hydrogens (tertiary/aromatic N) is 4. The monoisotopic (exact) mass is 502 g/mol. The highest BCUT2D eigenvalue weighted by Crippen LogP contribution is 2.32. The number of hydrogen-bond donors (Lipinski definition) is 0. The van der Waals surface area contributed by atoms with Crippen LogP contribution >= 0.6 is 0 Å². The summed E-state index contributed by atoms with van der Waals surface area (Å²) in [6.45, 7) is 1.14. The summed E-state index contributed by atoms with van der Waals surface area (Å²) in [5, 5.41) is 4.35. The van der Waals surface area contributed by atoms with Gasteiger partial charge in [-0.25, -0.2) is 4.68 Å². The van der Waals surface area contributed by atoms with Gasteiger partial charge in [0.2, 0.25) is 5.91 Å². The number of rotatable bonds is 6. The Hall–Kier alpha value is -4.02. The molecule has 190 valence electrons. The van der Waals surface area contributed by atoms with E-state index in [2.05, 4.69) is 5.10 Å². The molecule has 0 N–H and O–H groups in total. The van der Waals surface area contributed by atoms with Gasteiger partial charge in [0.25, 0.3) is 5.56 Å². The Kier molecular flexibility index (Phi) is 7.18. The van der Waals surface area contributed by atoms with Crippen LogP contribution in [0.3, 0.4) is 0 Å². The van der Waals surface area contributed by atoms with Crippen molar-refractivity contribution in [1.82, 2.24) is 14.7 Å². The fourth-order valence-electron chi connectivity index (χ4n) is 4.03. The van der Waals surface area contributed by atoms with Gasteiger partial charge in [-0.15, -0.1) is 0 Å². The van der Waals surface area contributed by atoms with Crippen LogP contribution in [0.5, 0.6) is 11.5 Å². The summed E-state index contributed by atoms with van der Waals surface area (Å²) in [5.74, 6) is 0.760. The van der Waals surface area contributed by atoms with Crippen molar-refractivity contribution in [2.24, 2.45) is 0 Å². The third kappa shape index (κ3) is 5.45. The molecule has 0 bridgehead atoms. The van der Waals surface area contributed by atoms with Crippen LogP contribution < -0.4 is 19.9 Å². The third-order valence-corrected chi connectivity index (χ3v) is 6.00. The number of ether oxygens (including phenoxy) is 2. The van der Waals surface area contributed by atoms with Gasteiger partial charge >= 0.3 is 6.18 Å². The van der Waals surface area contributed by atoms with Crippen LogP contribution in [0.25, 0.3) is 11.3 Å². The Morgan fingerprint density at radius 1 is 0.944 bits per heavy atom. The Morgan fingerprint density at radius 3 is 2.33 bits per heavy atom. The van der Waals surface area contributed by atoms with Gasteiger partial charge in [-0.2, -0.15) is 18.3 Å². The van der Waals surface area contributed by atoms with Crippen molar-refractivity contribution in [2.45, 2.75) is 12.7 Å². The highest BCUT2D eigenvalue weighted by atomic mass is 19.4. The van der Waals surface area contributed by atoms with Crippen LogP contribution in [0.4, 0.5) is 18.9 Å². The van der Waals surface area contributed by atoms with Gasteiger partial charge in [0.1, 0.15) is 6.54 Å². The van der Waals surface area contributed by atoms with Crippen LogP contribution in [0.15, 0.2) is 59.4 Å². The van der Waals surface area contributed by atoms with Crippen molar-refractivity contribution in [3.63, 3.8) is 0 Å². The molecule has 1 fully saturated rings. The lowest BCUT2D eigenvalue weighted by atomic mass is 10.1. The first-order chi connectivity index (χ1) is 17.2. The molecular formula is C25H25F3N4O4. The van der Waals surface area contributed by atoms with E-state index < -0.39 is 17.3 Å². The molecule has 1 saturated heterocycles. The van der Waals surface area contributed by atoms with Crippen molar-refractivity contribution in [3.05, 3.63) is 70.5 Å². The number of methoxy groups -OCH3 is 2. The van der Waals surface area contributed by atoms with E-state index in [4.69, 9.17) is 9.47 Å². The minimum Gasteiger partial charge on any atom is -0.493 e. The molecule has 0 saturated carbocycles. The molecule has 1 aliphatic heterocycles. The topological polar surface area (TPSA) is 76.9 Å². The van der Waals surface area contributed by atoms with E-state index in [1.54, 1.807) is 40.1 Å². The number of hydrogen-bond acceptors (Lipinski definition) is 6. The molecule has 36 heavy (non-hydrogen) atoms. The molecule has 0 radical (unpaired) electrons. The molecule has 8 nitrogen and oxygen atoms in total. The van der Waals surface area contributed by atoms with Crippen molar-refractivity contribution >= 4 is 11.6 Å². The summed E-state index contributed by atoms with van der Waals surface area (Å²) in [5.41, 5.74) is 0.493. The maximum absolute atomic E-state index is 13.0. The summed E-state index contributed by atoms with van der Waals surface area (Å²) in [6, 6.07) is 13.3. The first-order valence-corrected chi connectivity index (χ1v) is 11.2. The quantitative estimate of drug-likeness (QED) is 0.515. The fraction of sp³-hybridized carbons (Fsp3) is 0.320. The SMILES string of the molecule is COc1ccc(-c2ccc(=O)n(CC(=O)N3CCN(c4cccc(C(F)(F)F)c4)CC3)n2)cc1OC.